The molecule has 3 aromatic rings. The van der Waals surface area contributed by atoms with Gasteiger partial charge in [-0.3, -0.25) is 0 Å². The highest BCUT2D eigenvalue weighted by molar-refractivity contribution is 7.19. The van der Waals surface area contributed by atoms with E-state index < -0.39 is 0 Å². The van der Waals surface area contributed by atoms with E-state index in [1.165, 1.54) is 26.1 Å². The Balaban J connectivity index is 2.17. The van der Waals surface area contributed by atoms with Crippen LogP contribution in [0.15, 0.2) is 48.5 Å². The van der Waals surface area contributed by atoms with E-state index >= 15 is 0 Å². The van der Waals surface area contributed by atoms with Gasteiger partial charge in [-0.05, 0) is 42.3 Å². The van der Waals surface area contributed by atoms with Gasteiger partial charge in [0.05, 0.1) is 7.11 Å². The molecule has 0 spiro atoms. The Bertz CT molecular complexity index is 680. The molecule has 2 heteroatoms. The molecule has 0 fully saturated rings. The molecule has 0 radical (unpaired) electrons. The topological polar surface area (TPSA) is 9.23 Å². The zero-order valence-corrected chi connectivity index (χ0v) is 11.3. The number of fused-ring (bicyclic) bond motifs is 1. The van der Waals surface area contributed by atoms with Crippen LogP contribution in [0.3, 0.4) is 0 Å². The van der Waals surface area contributed by atoms with Crippen molar-refractivity contribution in [3.63, 3.8) is 0 Å². The summed E-state index contributed by atoms with van der Waals surface area (Å²) in [7, 11) is 1.69. The molecule has 1 aromatic heterocycles. The summed E-state index contributed by atoms with van der Waals surface area (Å²) < 4.78 is 6.55. The predicted molar refractivity (Wildman–Crippen MR) is 78.6 cm³/mol. The van der Waals surface area contributed by atoms with E-state index in [2.05, 4.69) is 43.3 Å². The quantitative estimate of drug-likeness (QED) is 0.633. The van der Waals surface area contributed by atoms with Crippen LogP contribution in [0.2, 0.25) is 0 Å². The van der Waals surface area contributed by atoms with E-state index in [4.69, 9.17) is 4.74 Å². The lowest BCUT2D eigenvalue weighted by Crippen LogP contribution is -1.83. The van der Waals surface area contributed by atoms with Gasteiger partial charge < -0.3 is 4.74 Å². The number of aryl methyl sites for hydroxylation is 1. The highest BCUT2D eigenvalue weighted by atomic mass is 32.1. The molecule has 1 nitrogen and oxygen atoms in total. The summed E-state index contributed by atoms with van der Waals surface area (Å²) >= 11 is 1.84. The first kappa shape index (κ1) is 11.3. The first-order valence-electron chi connectivity index (χ1n) is 5.91. The molecule has 0 aliphatic carbocycles. The highest BCUT2D eigenvalue weighted by Crippen LogP contribution is 2.34. The minimum atomic E-state index is 0.896. The standard InChI is InChI=1S/C16H14OS/c1-11-10-15-14(4-3-5-16(15)18-11)12-6-8-13(17-2)9-7-12/h3-10H,1-2H3. The van der Waals surface area contributed by atoms with Crippen molar-refractivity contribution >= 4 is 21.4 Å². The molecule has 0 unspecified atom stereocenters. The molecule has 18 heavy (non-hydrogen) atoms. The van der Waals surface area contributed by atoms with Crippen LogP contribution >= 0.6 is 11.3 Å². The highest BCUT2D eigenvalue weighted by Gasteiger charge is 2.06. The fraction of sp³-hybridized carbons (Fsp3) is 0.125. The van der Waals surface area contributed by atoms with Crippen molar-refractivity contribution in [3.05, 3.63) is 53.4 Å². The average molecular weight is 254 g/mol. The Morgan fingerprint density at radius 2 is 1.78 bits per heavy atom. The molecular weight excluding hydrogens is 240 g/mol. The average Bonchev–Trinajstić information content (AvgIpc) is 2.79. The minimum Gasteiger partial charge on any atom is -0.497 e. The number of ether oxygens (including phenoxy) is 1. The molecule has 0 amide bonds. The molecule has 0 saturated carbocycles. The van der Waals surface area contributed by atoms with Gasteiger partial charge in [0, 0.05) is 15.0 Å². The molecule has 0 saturated heterocycles. The van der Waals surface area contributed by atoms with E-state index in [9.17, 15) is 0 Å². The fourth-order valence-corrected chi connectivity index (χ4v) is 3.16. The third-order valence-corrected chi connectivity index (χ3v) is 4.10. The van der Waals surface area contributed by atoms with E-state index in [1.807, 2.05) is 23.5 Å². The van der Waals surface area contributed by atoms with Gasteiger partial charge in [-0.15, -0.1) is 11.3 Å². The SMILES string of the molecule is COc1ccc(-c2cccc3sc(C)cc23)cc1. The summed E-state index contributed by atoms with van der Waals surface area (Å²) in [5, 5.41) is 1.34. The van der Waals surface area contributed by atoms with Crippen LogP contribution in [0, 0.1) is 6.92 Å². The van der Waals surface area contributed by atoms with Crippen LogP contribution in [0.4, 0.5) is 0 Å². The third-order valence-electron chi connectivity index (χ3n) is 3.09. The maximum Gasteiger partial charge on any atom is 0.118 e. The Hall–Kier alpha value is -1.80. The van der Waals surface area contributed by atoms with Crippen LogP contribution in [0.5, 0.6) is 5.75 Å². The van der Waals surface area contributed by atoms with Gasteiger partial charge in [0.15, 0.2) is 0 Å². The van der Waals surface area contributed by atoms with E-state index in [0.29, 0.717) is 0 Å². The summed E-state index contributed by atoms with van der Waals surface area (Å²) in [6.45, 7) is 2.16. The van der Waals surface area contributed by atoms with Gasteiger partial charge in [-0.25, -0.2) is 0 Å². The normalized spacial score (nSPS) is 10.8. The third kappa shape index (κ3) is 1.89. The summed E-state index contributed by atoms with van der Waals surface area (Å²) in [6.07, 6.45) is 0. The van der Waals surface area contributed by atoms with Crippen LogP contribution in [-0.4, -0.2) is 7.11 Å². The van der Waals surface area contributed by atoms with Crippen molar-refractivity contribution in [2.24, 2.45) is 0 Å². The fourth-order valence-electron chi connectivity index (χ4n) is 2.21. The van der Waals surface area contributed by atoms with Crippen LogP contribution in [0.1, 0.15) is 4.88 Å². The molecule has 2 aromatic carbocycles. The molecule has 0 aliphatic heterocycles. The number of methoxy groups -OCH3 is 1. The van der Waals surface area contributed by atoms with Crippen molar-refractivity contribution in [2.75, 3.05) is 7.11 Å². The zero-order chi connectivity index (χ0) is 12.5. The predicted octanol–water partition coefficient (Wildman–Crippen LogP) is 4.89. The van der Waals surface area contributed by atoms with Gasteiger partial charge in [-0.1, -0.05) is 24.3 Å². The maximum absolute atomic E-state index is 5.20. The molecule has 1 heterocycles. The molecule has 0 aliphatic rings. The Labute approximate surface area is 111 Å². The van der Waals surface area contributed by atoms with Crippen LogP contribution in [0.25, 0.3) is 21.2 Å². The Morgan fingerprint density at radius 3 is 2.50 bits per heavy atom. The van der Waals surface area contributed by atoms with Gasteiger partial charge >= 0.3 is 0 Å². The van der Waals surface area contributed by atoms with Gasteiger partial charge in [0.25, 0.3) is 0 Å². The number of rotatable bonds is 2. The lowest BCUT2D eigenvalue weighted by Gasteiger charge is -2.05. The second-order valence-corrected chi connectivity index (χ2v) is 5.59. The van der Waals surface area contributed by atoms with Gasteiger partial charge in [-0.2, -0.15) is 0 Å². The first-order valence-corrected chi connectivity index (χ1v) is 6.73. The molecule has 0 N–H and O–H groups in total. The summed E-state index contributed by atoms with van der Waals surface area (Å²) in [4.78, 5) is 1.35. The number of benzene rings is 2. The number of hydrogen-bond acceptors (Lipinski definition) is 2. The number of thiophene rings is 1. The van der Waals surface area contributed by atoms with E-state index in [0.717, 1.165) is 5.75 Å². The van der Waals surface area contributed by atoms with E-state index in [1.54, 1.807) is 7.11 Å². The van der Waals surface area contributed by atoms with Crippen LogP contribution in [-0.2, 0) is 0 Å². The Morgan fingerprint density at radius 1 is 1.00 bits per heavy atom. The van der Waals surface area contributed by atoms with Crippen LogP contribution < -0.4 is 4.74 Å². The summed E-state index contributed by atoms with van der Waals surface area (Å²) in [5.74, 6) is 0.896. The largest absolute Gasteiger partial charge is 0.497 e. The zero-order valence-electron chi connectivity index (χ0n) is 10.4. The second-order valence-electron chi connectivity index (χ2n) is 4.30. The summed E-state index contributed by atoms with van der Waals surface area (Å²) in [5.41, 5.74) is 2.53. The second kappa shape index (κ2) is 4.46. The van der Waals surface area contributed by atoms with Crippen molar-refractivity contribution in [2.45, 2.75) is 6.92 Å². The molecule has 3 rings (SSSR count). The van der Waals surface area contributed by atoms with E-state index in [-0.39, 0.29) is 0 Å². The first-order chi connectivity index (χ1) is 8.78. The summed E-state index contributed by atoms with van der Waals surface area (Å²) in [6, 6.07) is 17.0. The van der Waals surface area contributed by atoms with Crippen molar-refractivity contribution in [1.82, 2.24) is 0 Å². The molecular formula is C16H14OS. The molecule has 0 bridgehead atoms. The lowest BCUT2D eigenvalue weighted by atomic mass is 10.0. The van der Waals surface area contributed by atoms with Crippen molar-refractivity contribution < 1.29 is 4.74 Å². The Kier molecular flexibility index (Phi) is 2.80. The van der Waals surface area contributed by atoms with Gasteiger partial charge in [0.1, 0.15) is 5.75 Å². The maximum atomic E-state index is 5.20. The smallest absolute Gasteiger partial charge is 0.118 e. The van der Waals surface area contributed by atoms with Crippen molar-refractivity contribution in [3.8, 4) is 16.9 Å². The minimum absolute atomic E-state index is 0.896. The molecule has 90 valence electrons. The van der Waals surface area contributed by atoms with Gasteiger partial charge in [0.2, 0.25) is 0 Å². The lowest BCUT2D eigenvalue weighted by molar-refractivity contribution is 0.415. The van der Waals surface area contributed by atoms with Crippen molar-refractivity contribution in [1.29, 1.82) is 0 Å². The number of hydrogen-bond donors (Lipinski definition) is 0. The molecule has 0 atom stereocenters. The monoisotopic (exact) mass is 254 g/mol.